The topological polar surface area (TPSA) is 89.5 Å². The maximum atomic E-state index is 12.7. The normalized spacial score (nSPS) is 14.2. The van der Waals surface area contributed by atoms with Crippen molar-refractivity contribution in [3.63, 3.8) is 0 Å². The van der Waals surface area contributed by atoms with Crippen molar-refractivity contribution >= 4 is 11.6 Å². The Hall–Kier alpha value is -3.36. The minimum Gasteiger partial charge on any atom is -0.497 e. The molecule has 3 heterocycles. The summed E-state index contributed by atoms with van der Waals surface area (Å²) in [5, 5.41) is 12.7. The van der Waals surface area contributed by atoms with E-state index in [1.54, 1.807) is 7.11 Å². The number of ether oxygens (including phenoxy) is 1. The van der Waals surface area contributed by atoms with Crippen molar-refractivity contribution in [2.24, 2.45) is 0 Å². The molecule has 0 atom stereocenters. The Labute approximate surface area is 181 Å². The molecule has 0 unspecified atom stereocenters. The summed E-state index contributed by atoms with van der Waals surface area (Å²) < 4.78 is 12.8. The zero-order valence-electron chi connectivity index (χ0n) is 18.2. The van der Waals surface area contributed by atoms with Crippen molar-refractivity contribution in [3.05, 3.63) is 41.9 Å². The molecule has 9 heteroatoms. The lowest BCUT2D eigenvalue weighted by Crippen LogP contribution is -2.48. The van der Waals surface area contributed by atoms with Crippen LogP contribution in [0, 0.1) is 6.92 Å². The van der Waals surface area contributed by atoms with Crippen LogP contribution in [0.3, 0.4) is 0 Å². The van der Waals surface area contributed by atoms with Gasteiger partial charge in [0.2, 0.25) is 11.8 Å². The molecule has 0 saturated carbocycles. The van der Waals surface area contributed by atoms with Gasteiger partial charge in [-0.15, -0.1) is 10.2 Å². The molecule has 2 aromatic heterocycles. The third-order valence-electron chi connectivity index (χ3n) is 5.51. The molecule has 3 aromatic rings. The van der Waals surface area contributed by atoms with Gasteiger partial charge in [-0.05, 0) is 44.2 Å². The number of carbonyl (C=O) groups excluding carboxylic acids is 1. The molecule has 0 spiro atoms. The molecule has 9 nitrogen and oxygen atoms in total. The third-order valence-corrected chi connectivity index (χ3v) is 5.51. The predicted molar refractivity (Wildman–Crippen MR) is 116 cm³/mol. The first kappa shape index (κ1) is 20.9. The fraction of sp³-hybridized carbons (Fsp3) is 0.455. The molecule has 0 bridgehead atoms. The van der Waals surface area contributed by atoms with Crippen molar-refractivity contribution in [2.75, 3.05) is 38.2 Å². The number of piperazine rings is 1. The first-order chi connectivity index (χ1) is 15.1. The summed E-state index contributed by atoms with van der Waals surface area (Å²) in [5.41, 5.74) is 2.85. The van der Waals surface area contributed by atoms with Gasteiger partial charge in [-0.1, -0.05) is 0 Å². The van der Waals surface area contributed by atoms with Gasteiger partial charge in [-0.25, -0.2) is 0 Å². The van der Waals surface area contributed by atoms with Crippen LogP contribution in [0.2, 0.25) is 0 Å². The van der Waals surface area contributed by atoms with Crippen LogP contribution in [-0.2, 0) is 17.8 Å². The number of hydrogen-bond donors (Lipinski definition) is 0. The number of carbonyl (C=O) groups is 1. The Morgan fingerprint density at radius 3 is 2.55 bits per heavy atom. The number of nitrogens with zero attached hydrogens (tertiary/aromatic N) is 6. The van der Waals surface area contributed by atoms with Gasteiger partial charge in [0.1, 0.15) is 11.4 Å². The van der Waals surface area contributed by atoms with E-state index in [0.29, 0.717) is 37.7 Å². The number of aromatic nitrogens is 4. The maximum Gasteiger partial charge on any atom is 0.265 e. The molecule has 1 aliphatic rings. The maximum absolute atomic E-state index is 12.7. The molecule has 1 fully saturated rings. The third kappa shape index (κ3) is 4.70. The SMILES string of the molecule is CCn1nc(C)cc1-c1nnc(CCC(=O)N2CCN(c3ccc(OC)cc3)CC2)o1. The first-order valence-corrected chi connectivity index (χ1v) is 10.6. The van der Waals surface area contributed by atoms with E-state index in [2.05, 4.69) is 32.3 Å². The highest BCUT2D eigenvalue weighted by Crippen LogP contribution is 2.22. The van der Waals surface area contributed by atoms with E-state index < -0.39 is 0 Å². The molecule has 164 valence electrons. The summed E-state index contributed by atoms with van der Waals surface area (Å²) in [6.07, 6.45) is 0.792. The fourth-order valence-corrected chi connectivity index (χ4v) is 3.80. The van der Waals surface area contributed by atoms with Gasteiger partial charge in [0, 0.05) is 51.3 Å². The number of benzene rings is 1. The van der Waals surface area contributed by atoms with Gasteiger partial charge in [-0.3, -0.25) is 9.48 Å². The molecule has 31 heavy (non-hydrogen) atoms. The van der Waals surface area contributed by atoms with E-state index >= 15 is 0 Å². The smallest absolute Gasteiger partial charge is 0.265 e. The molecule has 1 aromatic carbocycles. The molecule has 0 radical (unpaired) electrons. The summed E-state index contributed by atoms with van der Waals surface area (Å²) in [5.74, 6) is 1.87. The van der Waals surface area contributed by atoms with Crippen LogP contribution in [-0.4, -0.2) is 64.1 Å². The van der Waals surface area contributed by atoms with Crippen LogP contribution in [0.5, 0.6) is 5.75 Å². The largest absolute Gasteiger partial charge is 0.497 e. The Balaban J connectivity index is 1.28. The lowest BCUT2D eigenvalue weighted by Gasteiger charge is -2.36. The van der Waals surface area contributed by atoms with Gasteiger partial charge < -0.3 is 19.0 Å². The van der Waals surface area contributed by atoms with Crippen LogP contribution >= 0.6 is 0 Å². The Bertz CT molecular complexity index is 1020. The van der Waals surface area contributed by atoms with Crippen LogP contribution in [0.1, 0.15) is 24.9 Å². The average Bonchev–Trinajstić information content (AvgIpc) is 3.43. The second-order valence-corrected chi connectivity index (χ2v) is 7.55. The summed E-state index contributed by atoms with van der Waals surface area (Å²) in [6.45, 7) is 7.69. The molecule has 0 N–H and O–H groups in total. The average molecular weight is 425 g/mol. The Morgan fingerprint density at radius 1 is 1.13 bits per heavy atom. The van der Waals surface area contributed by atoms with Crippen molar-refractivity contribution in [1.82, 2.24) is 24.9 Å². The number of amides is 1. The molecule has 1 saturated heterocycles. The predicted octanol–water partition coefficient (Wildman–Crippen LogP) is 2.55. The van der Waals surface area contributed by atoms with E-state index in [0.717, 1.165) is 42.5 Å². The highest BCUT2D eigenvalue weighted by molar-refractivity contribution is 5.76. The van der Waals surface area contributed by atoms with E-state index in [4.69, 9.17) is 9.15 Å². The molecule has 4 rings (SSSR count). The highest BCUT2D eigenvalue weighted by atomic mass is 16.5. The minimum absolute atomic E-state index is 0.114. The second kappa shape index (κ2) is 9.20. The van der Waals surface area contributed by atoms with Crippen molar-refractivity contribution < 1.29 is 13.9 Å². The number of methoxy groups -OCH3 is 1. The van der Waals surface area contributed by atoms with Gasteiger partial charge >= 0.3 is 0 Å². The molecule has 1 aliphatic heterocycles. The second-order valence-electron chi connectivity index (χ2n) is 7.55. The quantitative estimate of drug-likeness (QED) is 0.576. The number of aryl methyl sites for hydroxylation is 3. The Morgan fingerprint density at radius 2 is 1.87 bits per heavy atom. The zero-order chi connectivity index (χ0) is 21.8. The molecular weight excluding hydrogens is 396 g/mol. The van der Waals surface area contributed by atoms with Gasteiger partial charge in [-0.2, -0.15) is 5.10 Å². The standard InChI is InChI=1S/C22H28N6O3/c1-4-28-19(15-16(2)25-28)22-24-23-20(31-22)9-10-21(29)27-13-11-26(12-14-27)17-5-7-18(30-3)8-6-17/h5-8,15H,4,9-14H2,1-3H3. The monoisotopic (exact) mass is 424 g/mol. The van der Waals surface area contributed by atoms with E-state index in [1.165, 1.54) is 0 Å². The van der Waals surface area contributed by atoms with E-state index in [9.17, 15) is 4.79 Å². The number of anilines is 1. The van der Waals surface area contributed by atoms with E-state index in [1.807, 2.05) is 41.6 Å². The van der Waals surface area contributed by atoms with Gasteiger partial charge in [0.25, 0.3) is 5.89 Å². The summed E-state index contributed by atoms with van der Waals surface area (Å²) in [6, 6.07) is 9.94. The van der Waals surface area contributed by atoms with E-state index in [-0.39, 0.29) is 5.91 Å². The van der Waals surface area contributed by atoms with Gasteiger partial charge in [0.15, 0.2) is 0 Å². The lowest BCUT2D eigenvalue weighted by molar-refractivity contribution is -0.131. The van der Waals surface area contributed by atoms with Crippen molar-refractivity contribution in [1.29, 1.82) is 0 Å². The number of rotatable bonds is 7. The minimum atomic E-state index is 0.114. The van der Waals surface area contributed by atoms with Gasteiger partial charge in [0.05, 0.1) is 12.8 Å². The van der Waals surface area contributed by atoms with Crippen LogP contribution in [0.4, 0.5) is 5.69 Å². The first-order valence-electron chi connectivity index (χ1n) is 10.6. The lowest BCUT2D eigenvalue weighted by atomic mass is 10.2. The number of hydrogen-bond acceptors (Lipinski definition) is 7. The zero-order valence-corrected chi connectivity index (χ0v) is 18.2. The molecular formula is C22H28N6O3. The highest BCUT2D eigenvalue weighted by Gasteiger charge is 2.22. The summed E-state index contributed by atoms with van der Waals surface area (Å²) >= 11 is 0. The van der Waals surface area contributed by atoms with Crippen LogP contribution < -0.4 is 9.64 Å². The molecule has 1 amide bonds. The summed E-state index contributed by atoms with van der Waals surface area (Å²) in [4.78, 5) is 16.9. The van der Waals surface area contributed by atoms with Crippen LogP contribution in [0.25, 0.3) is 11.6 Å². The van der Waals surface area contributed by atoms with Crippen molar-refractivity contribution in [3.8, 4) is 17.3 Å². The summed E-state index contributed by atoms with van der Waals surface area (Å²) in [7, 11) is 1.66. The van der Waals surface area contributed by atoms with Crippen molar-refractivity contribution in [2.45, 2.75) is 33.2 Å². The fourth-order valence-electron chi connectivity index (χ4n) is 3.80. The Kier molecular flexibility index (Phi) is 6.20. The molecule has 0 aliphatic carbocycles. The van der Waals surface area contributed by atoms with Crippen LogP contribution in [0.15, 0.2) is 34.7 Å².